The van der Waals surface area contributed by atoms with Crippen molar-refractivity contribution >= 4 is 0 Å². The lowest BCUT2D eigenvalue weighted by molar-refractivity contribution is 0.0452. The third kappa shape index (κ3) is 1.60. The molecule has 0 aliphatic rings. The number of hydrogen-bond donors (Lipinski definition) is 1. The number of rotatable bonds is 2. The van der Waals surface area contributed by atoms with E-state index in [-0.39, 0.29) is 0 Å². The number of nitrogens with zero attached hydrogens (tertiary/aromatic N) is 1. The van der Waals surface area contributed by atoms with Crippen LogP contribution in [0.25, 0.3) is 0 Å². The lowest BCUT2D eigenvalue weighted by Gasteiger charge is -2.16. The Balaban J connectivity index is 2.92. The van der Waals surface area contributed by atoms with Gasteiger partial charge in [-0.15, -0.1) is 0 Å². The quantitative estimate of drug-likeness (QED) is 0.705. The molecule has 0 aliphatic heterocycles. The fourth-order valence-corrected chi connectivity index (χ4v) is 0.801. The van der Waals surface area contributed by atoms with Gasteiger partial charge in [-0.3, -0.25) is 0 Å². The van der Waals surface area contributed by atoms with Gasteiger partial charge >= 0.3 is 0 Å². The molecule has 1 N–H and O–H groups in total. The summed E-state index contributed by atoms with van der Waals surface area (Å²) in [5, 5.41) is 13.4. The van der Waals surface area contributed by atoms with Crippen LogP contribution in [0.1, 0.15) is 31.7 Å². The topological polar surface area (TPSA) is 46.3 Å². The third-order valence-electron chi connectivity index (χ3n) is 1.87. The molecule has 3 nitrogen and oxygen atoms in total. The number of hydrogen-bond acceptors (Lipinski definition) is 3. The first kappa shape index (κ1) is 8.27. The highest BCUT2D eigenvalue weighted by molar-refractivity contribution is 5.11. The predicted molar refractivity (Wildman–Crippen MR) is 41.1 cm³/mol. The maximum atomic E-state index is 9.69. The van der Waals surface area contributed by atoms with Crippen molar-refractivity contribution in [1.29, 1.82) is 0 Å². The third-order valence-corrected chi connectivity index (χ3v) is 1.87. The summed E-state index contributed by atoms with van der Waals surface area (Å²) in [6.07, 6.45) is 0.638. The van der Waals surface area contributed by atoms with Gasteiger partial charge in [0.15, 0.2) is 0 Å². The molecule has 11 heavy (non-hydrogen) atoms. The maximum Gasteiger partial charge on any atom is 0.134 e. The smallest absolute Gasteiger partial charge is 0.134 e. The van der Waals surface area contributed by atoms with Gasteiger partial charge in [0.1, 0.15) is 17.1 Å². The summed E-state index contributed by atoms with van der Waals surface area (Å²) in [5.74, 6) is 0.730. The lowest BCUT2D eigenvalue weighted by Crippen LogP contribution is -2.19. The second kappa shape index (κ2) is 2.66. The minimum absolute atomic E-state index is 0.609. The Morgan fingerprint density at radius 1 is 1.73 bits per heavy atom. The van der Waals surface area contributed by atoms with Crippen LogP contribution in [-0.2, 0) is 5.60 Å². The van der Waals surface area contributed by atoms with E-state index in [1.54, 1.807) is 13.0 Å². The first-order valence-electron chi connectivity index (χ1n) is 3.72. The molecule has 0 fully saturated rings. The molecule has 1 aromatic heterocycles. The first-order valence-corrected chi connectivity index (χ1v) is 3.72. The van der Waals surface area contributed by atoms with Crippen molar-refractivity contribution in [3.05, 3.63) is 17.5 Å². The van der Waals surface area contributed by atoms with Gasteiger partial charge in [0.05, 0.1) is 0 Å². The van der Waals surface area contributed by atoms with E-state index in [0.717, 1.165) is 5.76 Å². The van der Waals surface area contributed by atoms with Crippen LogP contribution < -0.4 is 0 Å². The molecule has 0 spiro atoms. The number of aryl methyl sites for hydroxylation is 1. The summed E-state index contributed by atoms with van der Waals surface area (Å²) < 4.78 is 4.84. The van der Waals surface area contributed by atoms with Gasteiger partial charge in [0.25, 0.3) is 0 Å². The molecule has 1 atom stereocenters. The Morgan fingerprint density at radius 3 is 2.73 bits per heavy atom. The van der Waals surface area contributed by atoms with Crippen LogP contribution in [0.5, 0.6) is 0 Å². The summed E-state index contributed by atoms with van der Waals surface area (Å²) in [4.78, 5) is 0. The first-order chi connectivity index (χ1) is 5.06. The van der Waals surface area contributed by atoms with Gasteiger partial charge in [-0.2, -0.15) is 0 Å². The minimum atomic E-state index is -0.849. The molecule has 0 radical (unpaired) electrons. The predicted octanol–water partition coefficient (Wildman–Crippen LogP) is 1.60. The summed E-state index contributed by atoms with van der Waals surface area (Å²) in [6.45, 7) is 5.44. The molecule has 0 aliphatic carbocycles. The fourth-order valence-electron chi connectivity index (χ4n) is 0.801. The molecule has 1 aromatic rings. The van der Waals surface area contributed by atoms with E-state index < -0.39 is 5.60 Å². The van der Waals surface area contributed by atoms with Crippen LogP contribution in [-0.4, -0.2) is 10.3 Å². The van der Waals surface area contributed by atoms with E-state index in [4.69, 9.17) is 4.52 Å². The minimum Gasteiger partial charge on any atom is -0.384 e. The summed E-state index contributed by atoms with van der Waals surface area (Å²) in [7, 11) is 0. The van der Waals surface area contributed by atoms with Crippen LogP contribution in [0.4, 0.5) is 0 Å². The van der Waals surface area contributed by atoms with E-state index in [1.807, 2.05) is 13.8 Å². The molecule has 62 valence electrons. The standard InChI is InChI=1S/C8H13NO2/c1-4-8(3,10)7-5-6(2)11-9-7/h5,10H,4H2,1-3H3/t8-/m1/s1. The molecule has 0 amide bonds. The summed E-state index contributed by atoms with van der Waals surface area (Å²) in [6, 6.07) is 1.75. The molecular formula is C8H13NO2. The van der Waals surface area contributed by atoms with Crippen molar-refractivity contribution < 1.29 is 9.63 Å². The molecule has 0 unspecified atom stereocenters. The van der Waals surface area contributed by atoms with Crippen molar-refractivity contribution in [2.24, 2.45) is 0 Å². The monoisotopic (exact) mass is 155 g/mol. The van der Waals surface area contributed by atoms with Crippen LogP contribution in [0.2, 0.25) is 0 Å². The Hall–Kier alpha value is -0.830. The largest absolute Gasteiger partial charge is 0.384 e. The van der Waals surface area contributed by atoms with Crippen molar-refractivity contribution in [3.63, 3.8) is 0 Å². The van der Waals surface area contributed by atoms with Crippen molar-refractivity contribution in [2.45, 2.75) is 32.8 Å². The summed E-state index contributed by atoms with van der Waals surface area (Å²) in [5.41, 5.74) is -0.241. The molecule has 0 saturated heterocycles. The van der Waals surface area contributed by atoms with Gasteiger partial charge in [-0.25, -0.2) is 0 Å². The van der Waals surface area contributed by atoms with Gasteiger partial charge in [0, 0.05) is 6.07 Å². The van der Waals surface area contributed by atoms with Gasteiger partial charge < -0.3 is 9.63 Å². The Bertz CT molecular complexity index is 240. The van der Waals surface area contributed by atoms with E-state index in [0.29, 0.717) is 12.1 Å². The van der Waals surface area contributed by atoms with E-state index in [9.17, 15) is 5.11 Å². The maximum absolute atomic E-state index is 9.69. The average molecular weight is 155 g/mol. The second-order valence-electron chi connectivity index (χ2n) is 2.95. The Morgan fingerprint density at radius 2 is 2.36 bits per heavy atom. The zero-order valence-electron chi connectivity index (χ0n) is 7.09. The van der Waals surface area contributed by atoms with Crippen molar-refractivity contribution in [2.75, 3.05) is 0 Å². The molecule has 1 rings (SSSR count). The Labute approximate surface area is 66.0 Å². The molecule has 0 saturated carbocycles. The molecular weight excluding hydrogens is 142 g/mol. The van der Waals surface area contributed by atoms with Crippen molar-refractivity contribution in [3.8, 4) is 0 Å². The zero-order valence-corrected chi connectivity index (χ0v) is 7.09. The molecule has 3 heteroatoms. The lowest BCUT2D eigenvalue weighted by atomic mass is 9.99. The number of aliphatic hydroxyl groups is 1. The van der Waals surface area contributed by atoms with Crippen LogP contribution in [0, 0.1) is 6.92 Å². The van der Waals surface area contributed by atoms with Crippen LogP contribution >= 0.6 is 0 Å². The van der Waals surface area contributed by atoms with E-state index in [1.165, 1.54) is 0 Å². The fraction of sp³-hybridized carbons (Fsp3) is 0.625. The van der Waals surface area contributed by atoms with E-state index in [2.05, 4.69) is 5.16 Å². The average Bonchev–Trinajstić information content (AvgIpc) is 2.36. The van der Waals surface area contributed by atoms with Crippen LogP contribution in [0.3, 0.4) is 0 Å². The SMILES string of the molecule is CC[C@@](C)(O)c1cc(C)on1. The second-order valence-corrected chi connectivity index (χ2v) is 2.95. The highest BCUT2D eigenvalue weighted by Gasteiger charge is 2.24. The van der Waals surface area contributed by atoms with E-state index >= 15 is 0 Å². The van der Waals surface area contributed by atoms with Gasteiger partial charge in [0.2, 0.25) is 0 Å². The Kier molecular flexibility index (Phi) is 2.00. The normalized spacial score (nSPS) is 16.4. The van der Waals surface area contributed by atoms with Gasteiger partial charge in [-0.1, -0.05) is 12.1 Å². The number of aromatic nitrogens is 1. The summed E-state index contributed by atoms with van der Waals surface area (Å²) >= 11 is 0. The highest BCUT2D eigenvalue weighted by atomic mass is 16.5. The molecule has 1 heterocycles. The van der Waals surface area contributed by atoms with Gasteiger partial charge in [-0.05, 0) is 20.3 Å². The van der Waals surface area contributed by atoms with Crippen LogP contribution in [0.15, 0.2) is 10.6 Å². The van der Waals surface area contributed by atoms with Crippen molar-refractivity contribution in [1.82, 2.24) is 5.16 Å². The zero-order chi connectivity index (χ0) is 8.48. The molecule has 0 aromatic carbocycles. The highest BCUT2D eigenvalue weighted by Crippen LogP contribution is 2.22. The molecule has 0 bridgehead atoms.